The molecule has 0 saturated heterocycles. The summed E-state index contributed by atoms with van der Waals surface area (Å²) in [6.07, 6.45) is 5.12. The van der Waals surface area contributed by atoms with Crippen molar-refractivity contribution < 1.29 is 23.9 Å². The lowest BCUT2D eigenvalue weighted by molar-refractivity contribution is -0.146. The molecule has 0 aromatic carbocycles. The van der Waals surface area contributed by atoms with Crippen LogP contribution in [0.2, 0.25) is 0 Å². The van der Waals surface area contributed by atoms with Gasteiger partial charge in [0.25, 0.3) is 0 Å². The van der Waals surface area contributed by atoms with E-state index >= 15 is 0 Å². The molecular weight excluding hydrogens is 322 g/mol. The minimum atomic E-state index is -0.890. The van der Waals surface area contributed by atoms with Crippen molar-refractivity contribution in [2.75, 3.05) is 7.11 Å². The van der Waals surface area contributed by atoms with Crippen LogP contribution in [0.1, 0.15) is 77.6 Å². The lowest BCUT2D eigenvalue weighted by atomic mass is 10.0. The van der Waals surface area contributed by atoms with Crippen LogP contribution in [0.4, 0.5) is 0 Å². The van der Waals surface area contributed by atoms with E-state index in [2.05, 4.69) is 4.98 Å². The number of ketones is 1. The fourth-order valence-electron chi connectivity index (χ4n) is 3.54. The minimum Gasteiger partial charge on any atom is -0.465 e. The second-order valence-electron chi connectivity index (χ2n) is 6.80. The highest BCUT2D eigenvalue weighted by atomic mass is 16.5. The molecule has 1 N–H and O–H groups in total. The molecule has 0 aliphatic heterocycles. The van der Waals surface area contributed by atoms with E-state index in [-0.39, 0.29) is 17.4 Å². The van der Waals surface area contributed by atoms with E-state index in [9.17, 15) is 14.4 Å². The average molecular weight is 349 g/mol. The summed E-state index contributed by atoms with van der Waals surface area (Å²) in [5, 5.41) is 0. The number of hydrogen-bond donors (Lipinski definition) is 1. The molecule has 0 radical (unpaired) electrons. The lowest BCUT2D eigenvalue weighted by Gasteiger charge is -2.13. The fourth-order valence-corrected chi connectivity index (χ4v) is 3.54. The van der Waals surface area contributed by atoms with Crippen LogP contribution in [0.5, 0.6) is 0 Å². The third kappa shape index (κ3) is 4.50. The number of Topliss-reactive ketones (excluding diaryl/α,β-unsaturated/α-hetero) is 1. The van der Waals surface area contributed by atoms with E-state index in [1.165, 1.54) is 32.8 Å². The predicted octanol–water partition coefficient (Wildman–Crippen LogP) is 3.50. The van der Waals surface area contributed by atoms with E-state index in [1.54, 1.807) is 20.8 Å². The van der Waals surface area contributed by atoms with Crippen LogP contribution in [0.3, 0.4) is 0 Å². The molecule has 1 fully saturated rings. The zero-order valence-corrected chi connectivity index (χ0v) is 15.4. The van der Waals surface area contributed by atoms with Gasteiger partial charge in [-0.25, -0.2) is 4.79 Å². The molecule has 1 saturated carbocycles. The van der Waals surface area contributed by atoms with Crippen molar-refractivity contribution in [3.63, 3.8) is 0 Å². The third-order valence-electron chi connectivity index (χ3n) is 4.98. The van der Waals surface area contributed by atoms with Gasteiger partial charge >= 0.3 is 11.9 Å². The monoisotopic (exact) mass is 349 g/mol. The number of H-pyrrole nitrogens is 1. The van der Waals surface area contributed by atoms with Crippen molar-refractivity contribution in [1.29, 1.82) is 0 Å². The van der Waals surface area contributed by atoms with E-state index in [0.29, 0.717) is 29.2 Å². The number of ether oxygens (including phenoxy) is 2. The van der Waals surface area contributed by atoms with E-state index in [1.807, 2.05) is 0 Å². The van der Waals surface area contributed by atoms with Gasteiger partial charge in [-0.15, -0.1) is 0 Å². The Morgan fingerprint density at radius 2 is 1.84 bits per heavy atom. The average Bonchev–Trinajstić information content (AvgIpc) is 3.19. The number of carbonyl (C=O) groups excluding carboxylic acids is 3. The number of hydrogen-bond acceptors (Lipinski definition) is 5. The summed E-state index contributed by atoms with van der Waals surface area (Å²) < 4.78 is 10.0. The van der Waals surface area contributed by atoms with E-state index < -0.39 is 12.1 Å². The maximum atomic E-state index is 12.6. The Bertz CT molecular complexity index is 655. The Morgan fingerprint density at radius 1 is 1.20 bits per heavy atom. The Labute approximate surface area is 148 Å². The van der Waals surface area contributed by atoms with Crippen molar-refractivity contribution >= 4 is 17.7 Å². The Morgan fingerprint density at radius 3 is 2.44 bits per heavy atom. The zero-order chi connectivity index (χ0) is 18.6. The largest absolute Gasteiger partial charge is 0.465 e. The van der Waals surface area contributed by atoms with Crippen LogP contribution >= 0.6 is 0 Å². The van der Waals surface area contributed by atoms with Crippen LogP contribution in [-0.2, 0) is 14.3 Å². The molecule has 0 amide bonds. The van der Waals surface area contributed by atoms with Gasteiger partial charge in [0.05, 0.1) is 18.4 Å². The van der Waals surface area contributed by atoms with Crippen molar-refractivity contribution in [1.82, 2.24) is 4.98 Å². The third-order valence-corrected chi connectivity index (χ3v) is 4.98. The molecule has 138 valence electrons. The van der Waals surface area contributed by atoms with Crippen LogP contribution in [0, 0.1) is 19.8 Å². The number of aromatic amines is 1. The van der Waals surface area contributed by atoms with Crippen LogP contribution in [-0.4, -0.2) is 35.9 Å². The standard InChI is InChI=1S/C19H27NO5/c1-11-16(19(23)24-4)12(2)20-17(11)18(22)13(3)25-15(21)10-9-14-7-5-6-8-14/h13-14,20H,5-10H2,1-4H3/t13-/m1/s1. The zero-order valence-electron chi connectivity index (χ0n) is 15.4. The molecule has 1 aromatic heterocycles. The van der Waals surface area contributed by atoms with Crippen molar-refractivity contribution in [2.45, 2.75) is 65.4 Å². The number of aryl methyl sites for hydroxylation is 1. The van der Waals surface area contributed by atoms with Crippen LogP contribution in [0.15, 0.2) is 0 Å². The summed E-state index contributed by atoms with van der Waals surface area (Å²) in [6, 6.07) is 0. The summed E-state index contributed by atoms with van der Waals surface area (Å²) in [5.74, 6) is -0.576. The second-order valence-corrected chi connectivity index (χ2v) is 6.80. The van der Waals surface area contributed by atoms with Gasteiger partial charge in [-0.1, -0.05) is 25.7 Å². The Balaban J connectivity index is 1.97. The van der Waals surface area contributed by atoms with Gasteiger partial charge in [-0.05, 0) is 38.7 Å². The number of carbonyl (C=O) groups is 3. The Hall–Kier alpha value is -2.11. The van der Waals surface area contributed by atoms with E-state index in [0.717, 1.165) is 6.42 Å². The van der Waals surface area contributed by atoms with Crippen molar-refractivity contribution in [2.24, 2.45) is 5.92 Å². The smallest absolute Gasteiger partial charge is 0.339 e. The number of methoxy groups -OCH3 is 1. The highest BCUT2D eigenvalue weighted by Crippen LogP contribution is 2.28. The number of esters is 2. The first-order valence-corrected chi connectivity index (χ1v) is 8.86. The number of aromatic nitrogens is 1. The van der Waals surface area contributed by atoms with E-state index in [4.69, 9.17) is 9.47 Å². The number of nitrogens with one attached hydrogen (secondary N) is 1. The molecule has 0 spiro atoms. The van der Waals surface area contributed by atoms with Gasteiger partial charge in [-0.3, -0.25) is 9.59 Å². The molecule has 2 rings (SSSR count). The molecule has 1 aliphatic carbocycles. The summed E-state index contributed by atoms with van der Waals surface area (Å²) in [5.41, 5.74) is 1.72. The fraction of sp³-hybridized carbons (Fsp3) is 0.632. The minimum absolute atomic E-state index is 0.286. The first-order valence-electron chi connectivity index (χ1n) is 8.86. The van der Waals surface area contributed by atoms with Crippen molar-refractivity contribution in [3.8, 4) is 0 Å². The highest BCUT2D eigenvalue weighted by molar-refractivity contribution is 6.03. The predicted molar refractivity (Wildman–Crippen MR) is 92.7 cm³/mol. The normalized spacial score (nSPS) is 15.8. The van der Waals surface area contributed by atoms with Gasteiger partial charge in [-0.2, -0.15) is 0 Å². The molecule has 1 aromatic rings. The van der Waals surface area contributed by atoms with Gasteiger partial charge in [0.1, 0.15) is 0 Å². The van der Waals surface area contributed by atoms with Crippen LogP contribution in [0.25, 0.3) is 0 Å². The summed E-state index contributed by atoms with van der Waals surface area (Å²) in [7, 11) is 1.30. The second kappa shape index (κ2) is 8.32. The molecule has 6 nitrogen and oxygen atoms in total. The molecule has 25 heavy (non-hydrogen) atoms. The molecule has 1 heterocycles. The Kier molecular flexibility index (Phi) is 6.39. The SMILES string of the molecule is COC(=O)c1c(C)[nH]c(C(=O)[C@@H](C)OC(=O)CCC2CCCC2)c1C. The summed E-state index contributed by atoms with van der Waals surface area (Å²) >= 11 is 0. The highest BCUT2D eigenvalue weighted by Gasteiger charge is 2.27. The first-order chi connectivity index (χ1) is 11.8. The quantitative estimate of drug-likeness (QED) is 0.601. The van der Waals surface area contributed by atoms with Gasteiger partial charge < -0.3 is 14.5 Å². The molecule has 6 heteroatoms. The maximum absolute atomic E-state index is 12.6. The summed E-state index contributed by atoms with van der Waals surface area (Å²) in [4.78, 5) is 39.3. The van der Waals surface area contributed by atoms with Gasteiger partial charge in [0.15, 0.2) is 6.10 Å². The lowest BCUT2D eigenvalue weighted by Crippen LogP contribution is -2.25. The first kappa shape index (κ1) is 19.2. The molecular formula is C19H27NO5. The summed E-state index contributed by atoms with van der Waals surface area (Å²) in [6.45, 7) is 4.94. The molecule has 0 bridgehead atoms. The topological polar surface area (TPSA) is 85.5 Å². The molecule has 1 atom stereocenters. The maximum Gasteiger partial charge on any atom is 0.339 e. The van der Waals surface area contributed by atoms with Gasteiger partial charge in [0, 0.05) is 12.1 Å². The van der Waals surface area contributed by atoms with Gasteiger partial charge in [0.2, 0.25) is 5.78 Å². The van der Waals surface area contributed by atoms with Crippen LogP contribution < -0.4 is 0 Å². The number of rotatable bonds is 7. The van der Waals surface area contributed by atoms with Crippen molar-refractivity contribution in [3.05, 3.63) is 22.5 Å². The molecule has 0 unspecified atom stereocenters. The molecule has 1 aliphatic rings.